The van der Waals surface area contributed by atoms with Crippen LogP contribution in [0.2, 0.25) is 0 Å². The quantitative estimate of drug-likeness (QED) is 0.237. The first-order chi connectivity index (χ1) is 4.70. The number of carbonyl (C=O) groups is 1. The van der Waals surface area contributed by atoms with Gasteiger partial charge in [-0.15, -0.1) is 0 Å². The molecule has 0 saturated heterocycles. The molecule has 0 aromatic carbocycles. The van der Waals surface area contributed by atoms with Crippen molar-refractivity contribution in [2.75, 3.05) is 7.11 Å². The van der Waals surface area contributed by atoms with Gasteiger partial charge in [0.25, 0.3) is 0 Å². The number of rotatable bonds is 2. The molecular formula is C5H7N3O2. The topological polar surface area (TPSA) is 86.0 Å². The molecule has 0 bridgehead atoms. The highest BCUT2D eigenvalue weighted by molar-refractivity contribution is 5.95. The Labute approximate surface area is 58.1 Å². The molecule has 0 aromatic rings. The van der Waals surface area contributed by atoms with Crippen LogP contribution in [0.25, 0.3) is 0 Å². The summed E-state index contributed by atoms with van der Waals surface area (Å²) in [6, 6.07) is 0. The lowest BCUT2D eigenvalue weighted by Gasteiger charge is -1.97. The molecule has 0 aromatic heterocycles. The van der Waals surface area contributed by atoms with E-state index in [4.69, 9.17) is 10.7 Å². The molecule has 54 valence electrons. The molecule has 2 N–H and O–H groups in total. The first-order valence-corrected chi connectivity index (χ1v) is 2.50. The number of carbonyl (C=O) groups excluding carboxylic acids is 1. The summed E-state index contributed by atoms with van der Waals surface area (Å²) in [4.78, 5) is 10.5. The second kappa shape index (κ2) is 4.32. The zero-order valence-electron chi connectivity index (χ0n) is 5.47. The number of nitrogens with one attached hydrogen (secondary N) is 2. The number of nitrogens with zero attached hydrogens (tertiary/aromatic N) is 1. The summed E-state index contributed by atoms with van der Waals surface area (Å²) < 4.78 is 4.38. The molecule has 0 aliphatic heterocycles. The minimum absolute atomic E-state index is 0.159. The Morgan fingerprint density at radius 2 is 2.50 bits per heavy atom. The minimum atomic E-state index is -0.533. The maximum Gasteiger partial charge on any atom is 0.242 e. The summed E-state index contributed by atoms with van der Waals surface area (Å²) in [5.74, 6) is -0.692. The van der Waals surface area contributed by atoms with Crippen molar-refractivity contribution in [2.45, 2.75) is 6.42 Å². The average molecular weight is 141 g/mol. The van der Waals surface area contributed by atoms with Crippen molar-refractivity contribution in [1.82, 2.24) is 5.32 Å². The molecule has 0 aliphatic carbocycles. The van der Waals surface area contributed by atoms with Gasteiger partial charge in [0.1, 0.15) is 6.42 Å². The zero-order valence-corrected chi connectivity index (χ0v) is 5.47. The maximum absolute atomic E-state index is 10.5. The Kier molecular flexibility index (Phi) is 3.64. The van der Waals surface area contributed by atoms with E-state index in [0.29, 0.717) is 0 Å². The molecule has 0 spiro atoms. The summed E-state index contributed by atoms with van der Waals surface area (Å²) in [6.07, 6.45) is 1.25. The second-order valence-corrected chi connectivity index (χ2v) is 1.46. The predicted molar refractivity (Wildman–Crippen MR) is 33.1 cm³/mol. The van der Waals surface area contributed by atoms with Crippen LogP contribution < -0.4 is 5.32 Å². The van der Waals surface area contributed by atoms with Crippen molar-refractivity contribution in [2.24, 2.45) is 0 Å². The highest BCUT2D eigenvalue weighted by Gasteiger charge is 2.03. The van der Waals surface area contributed by atoms with E-state index in [1.165, 1.54) is 13.3 Å². The Morgan fingerprint density at radius 1 is 1.90 bits per heavy atom. The van der Waals surface area contributed by atoms with Crippen molar-refractivity contribution in [3.63, 3.8) is 0 Å². The second-order valence-electron chi connectivity index (χ2n) is 1.46. The molecule has 0 fully saturated rings. The monoisotopic (exact) mass is 141 g/mol. The number of hydrogen-bond acceptors (Lipinski definition) is 4. The van der Waals surface area contributed by atoms with Crippen LogP contribution >= 0.6 is 0 Å². The normalized spacial score (nSPS) is 7.60. The molecule has 1 amide bonds. The largest absolute Gasteiger partial charge is 0.484 e. The van der Waals surface area contributed by atoms with Gasteiger partial charge in [-0.1, -0.05) is 0 Å². The fraction of sp³-hybridized carbons (Fsp3) is 0.400. The molecule has 10 heavy (non-hydrogen) atoms. The third-order valence-corrected chi connectivity index (χ3v) is 0.763. The SMILES string of the molecule is COC(=N)CC(=O)NC#N. The molecule has 0 heterocycles. The van der Waals surface area contributed by atoms with Gasteiger partial charge in [-0.2, -0.15) is 5.26 Å². The van der Waals surface area contributed by atoms with E-state index in [0.717, 1.165) is 0 Å². The molecule has 0 saturated carbocycles. The van der Waals surface area contributed by atoms with Gasteiger partial charge >= 0.3 is 0 Å². The summed E-state index contributed by atoms with van der Waals surface area (Å²) in [5.41, 5.74) is 0. The lowest BCUT2D eigenvalue weighted by molar-refractivity contribution is -0.119. The fourth-order valence-electron chi connectivity index (χ4n) is 0.325. The Bertz CT molecular complexity index is 182. The van der Waals surface area contributed by atoms with Crippen molar-refractivity contribution in [3.8, 4) is 6.19 Å². The standard InChI is InChI=1S/C5H7N3O2/c1-10-4(7)2-5(9)8-3-6/h7H,2H2,1H3,(H,8,9). The Hall–Kier alpha value is -1.57. The van der Waals surface area contributed by atoms with Gasteiger partial charge in [-0.25, -0.2) is 0 Å². The van der Waals surface area contributed by atoms with E-state index in [1.807, 2.05) is 5.32 Å². The first kappa shape index (κ1) is 8.43. The highest BCUT2D eigenvalue weighted by atomic mass is 16.5. The van der Waals surface area contributed by atoms with Gasteiger partial charge in [-0.3, -0.25) is 15.5 Å². The number of hydrogen-bond donors (Lipinski definition) is 2. The van der Waals surface area contributed by atoms with Crippen LogP contribution in [0.15, 0.2) is 0 Å². The Balaban J connectivity index is 3.60. The predicted octanol–water partition coefficient (Wildman–Crippen LogP) is -0.403. The zero-order chi connectivity index (χ0) is 7.98. The van der Waals surface area contributed by atoms with Gasteiger partial charge in [0.15, 0.2) is 12.1 Å². The molecule has 0 rings (SSSR count). The third-order valence-electron chi connectivity index (χ3n) is 0.763. The molecule has 0 radical (unpaired) electrons. The van der Waals surface area contributed by atoms with E-state index < -0.39 is 5.91 Å². The van der Waals surface area contributed by atoms with E-state index in [-0.39, 0.29) is 12.3 Å². The van der Waals surface area contributed by atoms with Crippen LogP contribution in [-0.4, -0.2) is 18.9 Å². The van der Waals surface area contributed by atoms with Gasteiger partial charge in [0.05, 0.1) is 7.11 Å². The summed E-state index contributed by atoms with van der Waals surface area (Å²) in [7, 11) is 1.29. The van der Waals surface area contributed by atoms with Crippen molar-refractivity contribution < 1.29 is 9.53 Å². The molecule has 5 nitrogen and oxygen atoms in total. The lowest BCUT2D eigenvalue weighted by Crippen LogP contribution is -2.20. The van der Waals surface area contributed by atoms with Gasteiger partial charge in [0, 0.05) is 0 Å². The first-order valence-electron chi connectivity index (χ1n) is 2.50. The molecule has 0 atom stereocenters. The maximum atomic E-state index is 10.5. The molecule has 5 heteroatoms. The number of ether oxygens (including phenoxy) is 1. The van der Waals surface area contributed by atoms with Gasteiger partial charge in [0.2, 0.25) is 5.91 Å². The van der Waals surface area contributed by atoms with Crippen LogP contribution in [-0.2, 0) is 9.53 Å². The third kappa shape index (κ3) is 3.43. The smallest absolute Gasteiger partial charge is 0.242 e. The lowest BCUT2D eigenvalue weighted by atomic mass is 10.4. The van der Waals surface area contributed by atoms with Crippen LogP contribution in [0.5, 0.6) is 0 Å². The van der Waals surface area contributed by atoms with E-state index in [1.54, 1.807) is 0 Å². The minimum Gasteiger partial charge on any atom is -0.484 e. The van der Waals surface area contributed by atoms with Crippen LogP contribution in [0.1, 0.15) is 6.42 Å². The fourth-order valence-corrected chi connectivity index (χ4v) is 0.325. The summed E-state index contributed by atoms with van der Waals surface area (Å²) in [6.45, 7) is 0. The molecular weight excluding hydrogens is 134 g/mol. The van der Waals surface area contributed by atoms with Crippen molar-refractivity contribution in [3.05, 3.63) is 0 Å². The molecule has 0 aliphatic rings. The van der Waals surface area contributed by atoms with Crippen LogP contribution in [0, 0.1) is 16.9 Å². The number of nitriles is 1. The number of amides is 1. The Morgan fingerprint density at radius 3 is 2.90 bits per heavy atom. The average Bonchev–Trinajstić information content (AvgIpc) is 1.88. The highest BCUT2D eigenvalue weighted by Crippen LogP contribution is 1.82. The van der Waals surface area contributed by atoms with E-state index >= 15 is 0 Å². The summed E-state index contributed by atoms with van der Waals surface area (Å²) >= 11 is 0. The van der Waals surface area contributed by atoms with Gasteiger partial charge in [-0.05, 0) is 0 Å². The van der Waals surface area contributed by atoms with Gasteiger partial charge < -0.3 is 4.74 Å². The van der Waals surface area contributed by atoms with Crippen molar-refractivity contribution >= 4 is 11.8 Å². The van der Waals surface area contributed by atoms with E-state index in [2.05, 4.69) is 4.74 Å². The number of methoxy groups -OCH3 is 1. The van der Waals surface area contributed by atoms with Crippen molar-refractivity contribution in [1.29, 1.82) is 10.7 Å². The molecule has 0 unspecified atom stereocenters. The van der Waals surface area contributed by atoms with Crippen LogP contribution in [0.4, 0.5) is 0 Å². The van der Waals surface area contributed by atoms with E-state index in [9.17, 15) is 4.79 Å². The summed E-state index contributed by atoms with van der Waals surface area (Å²) in [5, 5.41) is 16.6. The van der Waals surface area contributed by atoms with Crippen LogP contribution in [0.3, 0.4) is 0 Å².